The van der Waals surface area contributed by atoms with Gasteiger partial charge in [-0.15, -0.1) is 0 Å². The number of likely N-dealkylation sites (N-methyl/N-ethyl adjacent to an activating group) is 1. The highest BCUT2D eigenvalue weighted by Crippen LogP contribution is 2.32. The summed E-state index contributed by atoms with van der Waals surface area (Å²) in [7, 11) is 1.74. The SMILES string of the molecule is CN(C[C@H]1COc2ccccc2O1)c1ccc(C=O)cc1[N+](=O)[O-]. The Labute approximate surface area is 138 Å². The maximum atomic E-state index is 11.3. The average molecular weight is 328 g/mol. The summed E-state index contributed by atoms with van der Waals surface area (Å²) in [5.41, 5.74) is 0.581. The first-order valence-corrected chi connectivity index (χ1v) is 7.41. The summed E-state index contributed by atoms with van der Waals surface area (Å²) in [6, 6.07) is 11.8. The van der Waals surface area contributed by atoms with E-state index < -0.39 is 4.92 Å². The summed E-state index contributed by atoms with van der Waals surface area (Å²) in [5.74, 6) is 1.35. The van der Waals surface area contributed by atoms with Crippen LogP contribution in [-0.4, -0.2) is 37.5 Å². The Morgan fingerprint density at radius 1 is 1.29 bits per heavy atom. The molecule has 1 aliphatic rings. The monoisotopic (exact) mass is 328 g/mol. The van der Waals surface area contributed by atoms with Crippen LogP contribution in [0.5, 0.6) is 11.5 Å². The number of nitro benzene ring substituents is 1. The molecule has 0 aromatic heterocycles. The lowest BCUT2D eigenvalue weighted by Crippen LogP contribution is -2.39. The Hall–Kier alpha value is -3.09. The number of ether oxygens (including phenoxy) is 2. The minimum absolute atomic E-state index is 0.112. The van der Waals surface area contributed by atoms with E-state index in [9.17, 15) is 14.9 Å². The summed E-state index contributed by atoms with van der Waals surface area (Å²) in [6.45, 7) is 0.775. The Balaban J connectivity index is 1.77. The van der Waals surface area contributed by atoms with Crippen LogP contribution >= 0.6 is 0 Å². The van der Waals surface area contributed by atoms with Gasteiger partial charge in [0.25, 0.3) is 5.69 Å². The van der Waals surface area contributed by atoms with Crippen LogP contribution in [0.25, 0.3) is 0 Å². The van der Waals surface area contributed by atoms with E-state index in [0.717, 1.165) is 0 Å². The fourth-order valence-electron chi connectivity index (χ4n) is 2.64. The van der Waals surface area contributed by atoms with Crippen molar-refractivity contribution >= 4 is 17.7 Å². The maximum Gasteiger partial charge on any atom is 0.293 e. The van der Waals surface area contributed by atoms with Crippen LogP contribution in [-0.2, 0) is 0 Å². The van der Waals surface area contributed by atoms with Gasteiger partial charge >= 0.3 is 0 Å². The lowest BCUT2D eigenvalue weighted by Gasteiger charge is -2.30. The highest BCUT2D eigenvalue weighted by molar-refractivity contribution is 5.79. The van der Waals surface area contributed by atoms with Crippen LogP contribution in [0.4, 0.5) is 11.4 Å². The average Bonchev–Trinajstić information content (AvgIpc) is 2.61. The molecule has 7 heteroatoms. The van der Waals surface area contributed by atoms with Crippen molar-refractivity contribution < 1.29 is 19.2 Å². The smallest absolute Gasteiger partial charge is 0.293 e. The molecule has 3 rings (SSSR count). The number of rotatable bonds is 5. The van der Waals surface area contributed by atoms with Crippen LogP contribution in [0, 0.1) is 10.1 Å². The van der Waals surface area contributed by atoms with E-state index in [0.29, 0.717) is 36.6 Å². The molecule has 0 aliphatic carbocycles. The molecular weight excluding hydrogens is 312 g/mol. The fourth-order valence-corrected chi connectivity index (χ4v) is 2.64. The molecule has 0 unspecified atom stereocenters. The van der Waals surface area contributed by atoms with Crippen molar-refractivity contribution in [2.75, 3.05) is 25.1 Å². The number of hydrogen-bond donors (Lipinski definition) is 0. The Morgan fingerprint density at radius 3 is 2.75 bits per heavy atom. The number of nitrogens with zero attached hydrogens (tertiary/aromatic N) is 2. The minimum atomic E-state index is -0.494. The molecule has 0 bridgehead atoms. The first-order valence-electron chi connectivity index (χ1n) is 7.41. The summed E-state index contributed by atoms with van der Waals surface area (Å²) < 4.78 is 11.5. The van der Waals surface area contributed by atoms with Gasteiger partial charge in [-0.1, -0.05) is 12.1 Å². The summed E-state index contributed by atoms with van der Waals surface area (Å²) >= 11 is 0. The number of anilines is 1. The van der Waals surface area contributed by atoms with E-state index in [1.54, 1.807) is 24.1 Å². The van der Waals surface area contributed by atoms with Crippen LogP contribution in [0.15, 0.2) is 42.5 Å². The third kappa shape index (κ3) is 3.15. The highest BCUT2D eigenvalue weighted by atomic mass is 16.6. The minimum Gasteiger partial charge on any atom is -0.486 e. The van der Waals surface area contributed by atoms with Gasteiger partial charge in [0.2, 0.25) is 0 Å². The van der Waals surface area contributed by atoms with Gasteiger partial charge in [-0.2, -0.15) is 0 Å². The van der Waals surface area contributed by atoms with Gasteiger partial charge in [0.15, 0.2) is 17.6 Å². The lowest BCUT2D eigenvalue weighted by molar-refractivity contribution is -0.384. The molecule has 1 aliphatic heterocycles. The number of nitro groups is 1. The van der Waals surface area contributed by atoms with E-state index >= 15 is 0 Å². The zero-order chi connectivity index (χ0) is 17.1. The first-order chi connectivity index (χ1) is 11.6. The first kappa shape index (κ1) is 15.8. The molecule has 2 aromatic carbocycles. The Kier molecular flexibility index (Phi) is 4.33. The van der Waals surface area contributed by atoms with Gasteiger partial charge < -0.3 is 14.4 Å². The fraction of sp³-hybridized carbons (Fsp3) is 0.235. The molecule has 24 heavy (non-hydrogen) atoms. The number of carbonyl (C=O) groups is 1. The predicted octanol–water partition coefficient (Wildman–Crippen LogP) is 2.68. The van der Waals surface area contributed by atoms with Gasteiger partial charge in [-0.3, -0.25) is 14.9 Å². The zero-order valence-corrected chi connectivity index (χ0v) is 13.0. The van der Waals surface area contributed by atoms with Crippen LogP contribution < -0.4 is 14.4 Å². The van der Waals surface area contributed by atoms with Crippen molar-refractivity contribution in [3.05, 3.63) is 58.1 Å². The Bertz CT molecular complexity index is 777. The largest absolute Gasteiger partial charge is 0.486 e. The maximum absolute atomic E-state index is 11.3. The molecule has 1 heterocycles. The summed E-state index contributed by atoms with van der Waals surface area (Å²) in [5, 5.41) is 11.3. The van der Waals surface area contributed by atoms with Crippen molar-refractivity contribution in [2.45, 2.75) is 6.10 Å². The normalized spacial score (nSPS) is 15.6. The molecule has 0 spiro atoms. The molecule has 0 N–H and O–H groups in total. The third-order valence-electron chi connectivity index (χ3n) is 3.79. The van der Waals surface area contributed by atoms with Gasteiger partial charge in [-0.05, 0) is 24.3 Å². The van der Waals surface area contributed by atoms with Crippen molar-refractivity contribution in [1.82, 2.24) is 0 Å². The number of aldehydes is 1. The van der Waals surface area contributed by atoms with E-state index in [1.165, 1.54) is 6.07 Å². The van der Waals surface area contributed by atoms with Gasteiger partial charge in [0, 0.05) is 18.7 Å². The van der Waals surface area contributed by atoms with Crippen molar-refractivity contribution in [1.29, 1.82) is 0 Å². The molecule has 7 nitrogen and oxygen atoms in total. The molecule has 0 saturated carbocycles. The van der Waals surface area contributed by atoms with Gasteiger partial charge in [0.05, 0.1) is 11.5 Å². The van der Waals surface area contributed by atoms with Crippen LogP contribution in [0.1, 0.15) is 10.4 Å². The molecule has 1 atom stereocenters. The third-order valence-corrected chi connectivity index (χ3v) is 3.79. The number of para-hydroxylation sites is 2. The molecule has 0 amide bonds. The van der Waals surface area contributed by atoms with Crippen molar-refractivity contribution in [3.8, 4) is 11.5 Å². The van der Waals surface area contributed by atoms with E-state index in [-0.39, 0.29) is 17.4 Å². The molecule has 124 valence electrons. The number of benzene rings is 2. The number of fused-ring (bicyclic) bond motifs is 1. The van der Waals surface area contributed by atoms with Gasteiger partial charge in [0.1, 0.15) is 18.6 Å². The second-order valence-corrected chi connectivity index (χ2v) is 5.50. The van der Waals surface area contributed by atoms with Crippen LogP contribution in [0.2, 0.25) is 0 Å². The lowest BCUT2D eigenvalue weighted by atomic mass is 10.1. The quantitative estimate of drug-likeness (QED) is 0.477. The molecule has 0 radical (unpaired) electrons. The number of hydrogen-bond acceptors (Lipinski definition) is 6. The van der Waals surface area contributed by atoms with E-state index in [2.05, 4.69) is 0 Å². The summed E-state index contributed by atoms with van der Waals surface area (Å²) in [4.78, 5) is 23.3. The standard InChI is InChI=1S/C17H16N2O5/c1-18(14-7-6-12(10-20)8-15(14)19(21)22)9-13-11-23-16-4-2-3-5-17(16)24-13/h2-8,10,13H,9,11H2,1H3/t13-/m0/s1. The molecule has 0 fully saturated rings. The topological polar surface area (TPSA) is 81.9 Å². The zero-order valence-electron chi connectivity index (χ0n) is 13.0. The van der Waals surface area contributed by atoms with E-state index in [1.807, 2.05) is 24.3 Å². The van der Waals surface area contributed by atoms with Gasteiger partial charge in [-0.25, -0.2) is 0 Å². The van der Waals surface area contributed by atoms with Crippen molar-refractivity contribution in [3.63, 3.8) is 0 Å². The molecule has 2 aromatic rings. The van der Waals surface area contributed by atoms with Crippen LogP contribution in [0.3, 0.4) is 0 Å². The number of carbonyl (C=O) groups excluding carboxylic acids is 1. The highest BCUT2D eigenvalue weighted by Gasteiger charge is 2.25. The second kappa shape index (κ2) is 6.57. The Morgan fingerprint density at radius 2 is 2.04 bits per heavy atom. The van der Waals surface area contributed by atoms with Crippen molar-refractivity contribution in [2.24, 2.45) is 0 Å². The summed E-state index contributed by atoms with van der Waals surface area (Å²) in [6.07, 6.45) is 0.335. The molecule has 0 saturated heterocycles. The molecular formula is C17H16N2O5. The van der Waals surface area contributed by atoms with E-state index in [4.69, 9.17) is 9.47 Å². The predicted molar refractivity (Wildman–Crippen MR) is 88.1 cm³/mol. The second-order valence-electron chi connectivity index (χ2n) is 5.50.